The summed E-state index contributed by atoms with van der Waals surface area (Å²) in [6, 6.07) is 0. The molecule has 0 heterocycles. The first kappa shape index (κ1) is 12.3. The molecule has 11 heavy (non-hydrogen) atoms. The van der Waals surface area contributed by atoms with E-state index in [0.29, 0.717) is 0 Å². The number of carboxylic acids is 1. The van der Waals surface area contributed by atoms with E-state index >= 15 is 0 Å². The number of nitrogens with two attached hydrogens (primary N) is 1. The van der Waals surface area contributed by atoms with Crippen LogP contribution >= 0.6 is 0 Å². The lowest BCUT2D eigenvalue weighted by atomic mass is 10.6. The molecule has 0 aromatic carbocycles. The van der Waals surface area contributed by atoms with Gasteiger partial charge in [-0.3, -0.25) is 9.59 Å². The number of carboxylic acid groups (broad SMARTS) is 1. The quantitative estimate of drug-likeness (QED) is 0.449. The highest BCUT2D eigenvalue weighted by Gasteiger charge is 1.81. The maximum atomic E-state index is 9.95. The Balaban J connectivity index is 0. The molecule has 4 N–H and O–H groups in total. The highest BCUT2D eigenvalue weighted by atomic mass is 16.4. The van der Waals surface area contributed by atoms with Crippen LogP contribution in [0.3, 0.4) is 0 Å². The molecule has 0 radical (unpaired) electrons. The van der Waals surface area contributed by atoms with Crippen molar-refractivity contribution in [2.75, 3.05) is 13.6 Å². The number of hydrogen-bond acceptors (Lipinski definition) is 3. The van der Waals surface area contributed by atoms with Crippen LogP contribution in [0.1, 0.15) is 0 Å². The van der Waals surface area contributed by atoms with E-state index in [9.17, 15) is 9.59 Å². The van der Waals surface area contributed by atoms with Gasteiger partial charge < -0.3 is 16.2 Å². The van der Waals surface area contributed by atoms with Gasteiger partial charge >= 0.3 is 5.97 Å². The Bertz CT molecular complexity index is 145. The van der Waals surface area contributed by atoms with Crippen LogP contribution in [-0.4, -0.2) is 30.6 Å². The smallest absolute Gasteiger partial charge is 0.317 e. The second-order valence-corrected chi connectivity index (χ2v) is 1.42. The van der Waals surface area contributed by atoms with E-state index in [2.05, 4.69) is 17.6 Å². The normalized spacial score (nSPS) is 7.09. The number of nitrogens with one attached hydrogen (secondary N) is 1. The SMILES string of the molecule is C=CC(=O)NC.NCC(=O)O. The van der Waals surface area contributed by atoms with E-state index in [0.717, 1.165) is 0 Å². The molecule has 0 atom stereocenters. The summed E-state index contributed by atoms with van der Waals surface area (Å²) >= 11 is 0. The molecule has 5 heteroatoms. The molecule has 0 aliphatic rings. The summed E-state index contributed by atoms with van der Waals surface area (Å²) in [4.78, 5) is 19.2. The molecule has 0 fully saturated rings. The third kappa shape index (κ3) is 17.7. The molecule has 0 aromatic heterocycles. The molecule has 0 aromatic rings. The molecule has 0 aliphatic carbocycles. The van der Waals surface area contributed by atoms with Crippen molar-refractivity contribution in [3.05, 3.63) is 12.7 Å². The van der Waals surface area contributed by atoms with Crippen molar-refractivity contribution in [2.45, 2.75) is 0 Å². The van der Waals surface area contributed by atoms with Crippen LogP contribution in [0.4, 0.5) is 0 Å². The minimum atomic E-state index is -0.968. The monoisotopic (exact) mass is 160 g/mol. The predicted octanol–water partition coefficient (Wildman–Crippen LogP) is -1.05. The van der Waals surface area contributed by atoms with Crippen molar-refractivity contribution in [1.82, 2.24) is 5.32 Å². The average Bonchev–Trinajstić information content (AvgIpc) is 2.04. The fraction of sp³-hybridized carbons (Fsp3) is 0.333. The highest BCUT2D eigenvalue weighted by Crippen LogP contribution is 1.56. The van der Waals surface area contributed by atoms with Crippen LogP contribution in [0, 0.1) is 0 Å². The number of carbonyl (C=O) groups excluding carboxylic acids is 1. The van der Waals surface area contributed by atoms with Gasteiger partial charge in [-0.15, -0.1) is 0 Å². The Hall–Kier alpha value is -1.36. The summed E-state index contributed by atoms with van der Waals surface area (Å²) in [5.41, 5.74) is 4.57. The molecular formula is C6H12N2O3. The van der Waals surface area contributed by atoms with E-state index in [-0.39, 0.29) is 12.5 Å². The van der Waals surface area contributed by atoms with Gasteiger partial charge in [0.2, 0.25) is 5.91 Å². The van der Waals surface area contributed by atoms with Crippen LogP contribution in [0.25, 0.3) is 0 Å². The molecule has 0 spiro atoms. The van der Waals surface area contributed by atoms with Gasteiger partial charge in [0, 0.05) is 7.05 Å². The topological polar surface area (TPSA) is 92.4 Å². The number of likely N-dealkylation sites (N-methyl/N-ethyl adjacent to an activating group) is 1. The predicted molar refractivity (Wildman–Crippen MR) is 41.0 cm³/mol. The summed E-state index contributed by atoms with van der Waals surface area (Å²) < 4.78 is 0. The first-order valence-electron chi connectivity index (χ1n) is 2.84. The third-order valence-electron chi connectivity index (χ3n) is 0.606. The Morgan fingerprint density at radius 2 is 2.09 bits per heavy atom. The summed E-state index contributed by atoms with van der Waals surface area (Å²) in [5.74, 6) is -1.11. The van der Waals surface area contributed by atoms with Crippen LogP contribution in [0.2, 0.25) is 0 Å². The van der Waals surface area contributed by atoms with Crippen LogP contribution in [0.15, 0.2) is 12.7 Å². The Labute approximate surface area is 64.9 Å². The zero-order valence-corrected chi connectivity index (χ0v) is 6.33. The number of rotatable bonds is 2. The van der Waals surface area contributed by atoms with E-state index in [1.165, 1.54) is 6.08 Å². The van der Waals surface area contributed by atoms with Gasteiger partial charge in [0.15, 0.2) is 0 Å². The van der Waals surface area contributed by atoms with Crippen molar-refractivity contribution >= 4 is 11.9 Å². The summed E-state index contributed by atoms with van der Waals surface area (Å²) in [6.45, 7) is 2.94. The van der Waals surface area contributed by atoms with Gasteiger partial charge in [-0.05, 0) is 6.08 Å². The van der Waals surface area contributed by atoms with Gasteiger partial charge in [0.25, 0.3) is 0 Å². The molecule has 5 nitrogen and oxygen atoms in total. The molecular weight excluding hydrogens is 148 g/mol. The van der Waals surface area contributed by atoms with Crippen LogP contribution in [0.5, 0.6) is 0 Å². The minimum Gasteiger partial charge on any atom is -0.480 e. The fourth-order valence-electron chi connectivity index (χ4n) is 0.102. The Morgan fingerprint density at radius 1 is 1.73 bits per heavy atom. The average molecular weight is 160 g/mol. The molecule has 0 rings (SSSR count). The van der Waals surface area contributed by atoms with Crippen molar-refractivity contribution in [3.63, 3.8) is 0 Å². The number of hydrogen-bond donors (Lipinski definition) is 3. The molecule has 0 saturated heterocycles. The first-order chi connectivity index (χ1) is 5.08. The second-order valence-electron chi connectivity index (χ2n) is 1.42. The van der Waals surface area contributed by atoms with Crippen molar-refractivity contribution < 1.29 is 14.7 Å². The fourth-order valence-corrected chi connectivity index (χ4v) is 0.102. The lowest BCUT2D eigenvalue weighted by molar-refractivity contribution is -0.135. The minimum absolute atomic E-state index is 0.144. The third-order valence-corrected chi connectivity index (χ3v) is 0.606. The standard InChI is InChI=1S/C4H7NO.C2H5NO2/c1-3-4(6)5-2;3-1-2(4)5/h3H,1H2,2H3,(H,5,6);1,3H2,(H,4,5). The molecule has 0 aliphatic heterocycles. The number of carbonyl (C=O) groups is 2. The van der Waals surface area contributed by atoms with E-state index in [1.54, 1.807) is 7.05 Å². The van der Waals surface area contributed by atoms with Crippen LogP contribution < -0.4 is 11.1 Å². The van der Waals surface area contributed by atoms with Gasteiger partial charge in [0.1, 0.15) is 0 Å². The van der Waals surface area contributed by atoms with Gasteiger partial charge in [-0.1, -0.05) is 6.58 Å². The first-order valence-corrected chi connectivity index (χ1v) is 2.84. The lowest BCUT2D eigenvalue weighted by Crippen LogP contribution is -2.13. The maximum Gasteiger partial charge on any atom is 0.317 e. The highest BCUT2D eigenvalue weighted by molar-refractivity contribution is 5.86. The van der Waals surface area contributed by atoms with E-state index in [4.69, 9.17) is 5.11 Å². The molecule has 1 amide bonds. The maximum absolute atomic E-state index is 9.95. The Kier molecular flexibility index (Phi) is 9.68. The summed E-state index contributed by atoms with van der Waals surface area (Å²) in [6.07, 6.45) is 1.22. The summed E-state index contributed by atoms with van der Waals surface area (Å²) in [7, 11) is 1.56. The van der Waals surface area contributed by atoms with Gasteiger partial charge in [-0.25, -0.2) is 0 Å². The van der Waals surface area contributed by atoms with Gasteiger partial charge in [-0.2, -0.15) is 0 Å². The second kappa shape index (κ2) is 8.64. The van der Waals surface area contributed by atoms with Crippen molar-refractivity contribution in [2.24, 2.45) is 5.73 Å². The van der Waals surface area contributed by atoms with E-state index < -0.39 is 5.97 Å². The van der Waals surface area contributed by atoms with E-state index in [1.807, 2.05) is 0 Å². The zero-order valence-electron chi connectivity index (χ0n) is 6.33. The molecule has 0 unspecified atom stereocenters. The molecule has 64 valence electrons. The lowest BCUT2D eigenvalue weighted by Gasteiger charge is -1.82. The molecule has 0 bridgehead atoms. The zero-order chi connectivity index (χ0) is 9.28. The summed E-state index contributed by atoms with van der Waals surface area (Å²) in [5, 5.41) is 9.95. The number of aliphatic carboxylic acids is 1. The van der Waals surface area contributed by atoms with Gasteiger partial charge in [0.05, 0.1) is 6.54 Å². The number of amides is 1. The Morgan fingerprint density at radius 3 is 2.09 bits per heavy atom. The van der Waals surface area contributed by atoms with Crippen molar-refractivity contribution in [1.29, 1.82) is 0 Å². The molecule has 0 saturated carbocycles. The largest absolute Gasteiger partial charge is 0.480 e. The van der Waals surface area contributed by atoms with Crippen molar-refractivity contribution in [3.8, 4) is 0 Å². The van der Waals surface area contributed by atoms with Crippen LogP contribution in [-0.2, 0) is 9.59 Å².